The van der Waals surface area contributed by atoms with Crippen molar-refractivity contribution in [1.29, 1.82) is 0 Å². The molecule has 0 spiro atoms. The zero-order valence-corrected chi connectivity index (χ0v) is 14.2. The number of hydrogen-bond donors (Lipinski definition) is 2. The molecule has 1 aromatic carbocycles. The van der Waals surface area contributed by atoms with Crippen molar-refractivity contribution in [2.45, 2.75) is 70.8 Å². The third-order valence-electron chi connectivity index (χ3n) is 5.02. The molecule has 0 aromatic heterocycles. The van der Waals surface area contributed by atoms with E-state index in [1.807, 2.05) is 0 Å². The Kier molecular flexibility index (Phi) is 7.20. The molecule has 1 atom stereocenters. The first-order chi connectivity index (χ1) is 10.7. The number of hydroxylamine groups is 1. The van der Waals surface area contributed by atoms with Gasteiger partial charge in [0.25, 0.3) is 0 Å². The smallest absolute Gasteiger partial charge is 0.147 e. The lowest BCUT2D eigenvalue weighted by atomic mass is 9.76. The Morgan fingerprint density at radius 1 is 1.14 bits per heavy atom. The van der Waals surface area contributed by atoms with Crippen LogP contribution in [0.15, 0.2) is 24.3 Å². The zero-order valence-electron chi connectivity index (χ0n) is 14.2. The standard InChI is InChI=1S/C19H32N2O/c1-3-5-14-21-22-18-12-10-16(11-13-18)15-6-8-17(9-7-15)19(20)4-2/h10-13,15,17,19,21H,3-9,14,20H2,1-2H3. The summed E-state index contributed by atoms with van der Waals surface area (Å²) < 4.78 is 0. The van der Waals surface area contributed by atoms with Crippen LogP contribution in [-0.4, -0.2) is 12.6 Å². The second kappa shape index (κ2) is 9.16. The molecule has 1 aliphatic rings. The summed E-state index contributed by atoms with van der Waals surface area (Å²) in [7, 11) is 0. The molecule has 0 bridgehead atoms. The highest BCUT2D eigenvalue weighted by molar-refractivity contribution is 5.29. The molecule has 22 heavy (non-hydrogen) atoms. The molecule has 0 saturated heterocycles. The molecule has 0 aliphatic heterocycles. The summed E-state index contributed by atoms with van der Waals surface area (Å²) in [5, 5.41) is 0. The Hall–Kier alpha value is -1.06. The van der Waals surface area contributed by atoms with E-state index in [1.54, 1.807) is 0 Å². The van der Waals surface area contributed by atoms with E-state index < -0.39 is 0 Å². The van der Waals surface area contributed by atoms with Crippen LogP contribution in [0, 0.1) is 5.92 Å². The highest BCUT2D eigenvalue weighted by Gasteiger charge is 2.25. The first-order valence-electron chi connectivity index (χ1n) is 8.99. The van der Waals surface area contributed by atoms with Crippen LogP contribution in [-0.2, 0) is 0 Å². The first-order valence-corrected chi connectivity index (χ1v) is 8.99. The van der Waals surface area contributed by atoms with Crippen LogP contribution in [0.5, 0.6) is 5.75 Å². The van der Waals surface area contributed by atoms with E-state index in [2.05, 4.69) is 43.6 Å². The van der Waals surface area contributed by atoms with Crippen LogP contribution in [0.1, 0.15) is 70.3 Å². The van der Waals surface area contributed by atoms with Crippen molar-refractivity contribution in [2.24, 2.45) is 11.7 Å². The number of benzene rings is 1. The quantitative estimate of drug-likeness (QED) is 0.553. The van der Waals surface area contributed by atoms with E-state index in [0.717, 1.165) is 31.1 Å². The van der Waals surface area contributed by atoms with Gasteiger partial charge in [0.2, 0.25) is 0 Å². The summed E-state index contributed by atoms with van der Waals surface area (Å²) in [6.07, 6.45) is 8.51. The Morgan fingerprint density at radius 3 is 2.41 bits per heavy atom. The maximum atomic E-state index is 6.20. The van der Waals surface area contributed by atoms with Gasteiger partial charge in [0.15, 0.2) is 0 Å². The van der Waals surface area contributed by atoms with Gasteiger partial charge in [-0.05, 0) is 68.1 Å². The average Bonchev–Trinajstić information content (AvgIpc) is 2.59. The van der Waals surface area contributed by atoms with Gasteiger partial charge in [0.05, 0.1) is 0 Å². The Labute approximate surface area is 135 Å². The lowest BCUT2D eigenvalue weighted by Crippen LogP contribution is -2.32. The summed E-state index contributed by atoms with van der Waals surface area (Å²) >= 11 is 0. The molecule has 3 nitrogen and oxygen atoms in total. The number of rotatable bonds is 8. The van der Waals surface area contributed by atoms with Gasteiger partial charge < -0.3 is 10.6 Å². The fourth-order valence-electron chi connectivity index (χ4n) is 3.41. The van der Waals surface area contributed by atoms with E-state index in [9.17, 15) is 0 Å². The second-order valence-electron chi connectivity index (χ2n) is 6.60. The van der Waals surface area contributed by atoms with Crippen LogP contribution in [0.25, 0.3) is 0 Å². The third-order valence-corrected chi connectivity index (χ3v) is 5.02. The summed E-state index contributed by atoms with van der Waals surface area (Å²) in [6, 6.07) is 9.00. The Bertz CT molecular complexity index is 410. The molecule has 1 aromatic rings. The summed E-state index contributed by atoms with van der Waals surface area (Å²) in [5.74, 6) is 2.33. The predicted octanol–water partition coefficient (Wildman–Crippen LogP) is 4.38. The van der Waals surface area contributed by atoms with E-state index >= 15 is 0 Å². The van der Waals surface area contributed by atoms with Crippen LogP contribution in [0.3, 0.4) is 0 Å². The van der Waals surface area contributed by atoms with Gasteiger partial charge in [-0.1, -0.05) is 32.4 Å². The minimum Gasteiger partial charge on any atom is -0.409 e. The highest BCUT2D eigenvalue weighted by atomic mass is 16.6. The molecule has 1 fully saturated rings. The van der Waals surface area contributed by atoms with Crippen molar-refractivity contribution in [1.82, 2.24) is 5.48 Å². The van der Waals surface area contributed by atoms with Gasteiger partial charge in [-0.2, -0.15) is 5.48 Å². The van der Waals surface area contributed by atoms with Crippen LogP contribution < -0.4 is 16.1 Å². The molecule has 1 saturated carbocycles. The number of nitrogens with one attached hydrogen (secondary N) is 1. The maximum Gasteiger partial charge on any atom is 0.147 e. The SMILES string of the molecule is CCCCNOc1ccc(C2CCC(C(N)CC)CC2)cc1. The van der Waals surface area contributed by atoms with Crippen molar-refractivity contribution in [3.63, 3.8) is 0 Å². The topological polar surface area (TPSA) is 47.3 Å². The van der Waals surface area contributed by atoms with Gasteiger partial charge in [0.1, 0.15) is 5.75 Å². The Morgan fingerprint density at radius 2 is 1.82 bits per heavy atom. The van der Waals surface area contributed by atoms with Crippen molar-refractivity contribution < 1.29 is 4.84 Å². The van der Waals surface area contributed by atoms with Crippen molar-refractivity contribution in [3.05, 3.63) is 29.8 Å². The lowest BCUT2D eigenvalue weighted by Gasteiger charge is -2.32. The monoisotopic (exact) mass is 304 g/mol. The number of unbranched alkanes of at least 4 members (excludes halogenated alkanes) is 1. The molecule has 124 valence electrons. The molecule has 1 unspecified atom stereocenters. The van der Waals surface area contributed by atoms with Gasteiger partial charge in [-0.3, -0.25) is 0 Å². The molecule has 0 amide bonds. The summed E-state index contributed by atoms with van der Waals surface area (Å²) in [4.78, 5) is 5.55. The molecular weight excluding hydrogens is 272 g/mol. The van der Waals surface area contributed by atoms with Gasteiger partial charge >= 0.3 is 0 Å². The van der Waals surface area contributed by atoms with E-state index in [4.69, 9.17) is 10.6 Å². The van der Waals surface area contributed by atoms with Gasteiger partial charge in [-0.25, -0.2) is 0 Å². The molecule has 0 radical (unpaired) electrons. The molecule has 3 heteroatoms. The van der Waals surface area contributed by atoms with E-state index in [-0.39, 0.29) is 0 Å². The summed E-state index contributed by atoms with van der Waals surface area (Å²) in [6.45, 7) is 5.28. The van der Waals surface area contributed by atoms with Gasteiger partial charge in [-0.15, -0.1) is 0 Å². The minimum absolute atomic E-state index is 0.394. The number of hydrogen-bond acceptors (Lipinski definition) is 3. The summed E-state index contributed by atoms with van der Waals surface area (Å²) in [5.41, 5.74) is 10.7. The fraction of sp³-hybridized carbons (Fsp3) is 0.684. The van der Waals surface area contributed by atoms with Gasteiger partial charge in [0, 0.05) is 12.6 Å². The van der Waals surface area contributed by atoms with Crippen LogP contribution in [0.2, 0.25) is 0 Å². The molecule has 2 rings (SSSR count). The van der Waals surface area contributed by atoms with Crippen molar-refractivity contribution in [2.75, 3.05) is 6.54 Å². The zero-order chi connectivity index (χ0) is 15.8. The maximum absolute atomic E-state index is 6.20. The van der Waals surface area contributed by atoms with E-state index in [0.29, 0.717) is 12.0 Å². The van der Waals surface area contributed by atoms with Crippen LogP contribution >= 0.6 is 0 Å². The average molecular weight is 304 g/mol. The normalized spacial score (nSPS) is 23.2. The molecule has 0 heterocycles. The fourth-order valence-corrected chi connectivity index (χ4v) is 3.41. The first kappa shape index (κ1) is 17.3. The Balaban J connectivity index is 1.79. The minimum atomic E-state index is 0.394. The number of nitrogens with two attached hydrogens (primary N) is 1. The van der Waals surface area contributed by atoms with Crippen molar-refractivity contribution >= 4 is 0 Å². The predicted molar refractivity (Wildman–Crippen MR) is 92.9 cm³/mol. The second-order valence-corrected chi connectivity index (χ2v) is 6.60. The molecule has 1 aliphatic carbocycles. The third kappa shape index (κ3) is 4.99. The van der Waals surface area contributed by atoms with E-state index in [1.165, 1.54) is 37.7 Å². The van der Waals surface area contributed by atoms with Crippen molar-refractivity contribution in [3.8, 4) is 5.75 Å². The molecule has 3 N–H and O–H groups in total. The van der Waals surface area contributed by atoms with Crippen LogP contribution in [0.4, 0.5) is 0 Å². The molecular formula is C19H32N2O. The highest BCUT2D eigenvalue weighted by Crippen LogP contribution is 2.37. The largest absolute Gasteiger partial charge is 0.409 e. The lowest BCUT2D eigenvalue weighted by molar-refractivity contribution is 0.194.